The van der Waals surface area contributed by atoms with Gasteiger partial charge in [-0.2, -0.15) is 0 Å². The van der Waals surface area contributed by atoms with Crippen LogP contribution in [-0.2, 0) is 19.1 Å². The van der Waals surface area contributed by atoms with Crippen molar-refractivity contribution in [1.29, 1.82) is 0 Å². The van der Waals surface area contributed by atoms with Crippen molar-refractivity contribution in [1.82, 2.24) is 0 Å². The molecule has 0 aromatic carbocycles. The third kappa shape index (κ3) is 1.96. The van der Waals surface area contributed by atoms with E-state index in [2.05, 4.69) is 0 Å². The van der Waals surface area contributed by atoms with E-state index >= 15 is 0 Å². The third-order valence-electron chi connectivity index (χ3n) is 1.66. The van der Waals surface area contributed by atoms with E-state index in [1.807, 2.05) is 0 Å². The van der Waals surface area contributed by atoms with Crippen molar-refractivity contribution in [2.75, 3.05) is 0 Å². The molecular weight excluding hydrogens is 176 g/mol. The number of carbonyl (C=O) groups is 2. The van der Waals surface area contributed by atoms with Crippen LogP contribution >= 0.6 is 0 Å². The zero-order chi connectivity index (χ0) is 10.2. The van der Waals surface area contributed by atoms with Gasteiger partial charge in [0.15, 0.2) is 18.0 Å². The summed E-state index contributed by atoms with van der Waals surface area (Å²) in [4.78, 5) is 21.6. The zero-order valence-corrected chi connectivity index (χ0v) is 7.44. The highest BCUT2D eigenvalue weighted by molar-refractivity contribution is 5.89. The van der Waals surface area contributed by atoms with Crippen LogP contribution in [0.5, 0.6) is 0 Å². The Kier molecular flexibility index (Phi) is 2.27. The van der Waals surface area contributed by atoms with E-state index in [4.69, 9.17) is 20.9 Å². The van der Waals surface area contributed by atoms with Crippen LogP contribution in [0.1, 0.15) is 13.8 Å². The SMILES string of the molecule is CC1(C)O[C@H](C(N)=O)[C@@H](C(N)=O)O1. The van der Waals surface area contributed by atoms with Crippen LogP contribution in [0.2, 0.25) is 0 Å². The van der Waals surface area contributed by atoms with Gasteiger partial charge in [0.1, 0.15) is 0 Å². The van der Waals surface area contributed by atoms with Gasteiger partial charge in [-0.1, -0.05) is 0 Å². The molecule has 0 aromatic rings. The number of hydrogen-bond acceptors (Lipinski definition) is 4. The van der Waals surface area contributed by atoms with Gasteiger partial charge in [-0.05, 0) is 13.8 Å². The van der Waals surface area contributed by atoms with Gasteiger partial charge >= 0.3 is 0 Å². The number of ether oxygens (including phenoxy) is 2. The predicted octanol–water partition coefficient (Wildman–Crippen LogP) is -1.52. The molecule has 0 aliphatic carbocycles. The van der Waals surface area contributed by atoms with Gasteiger partial charge in [0, 0.05) is 0 Å². The molecule has 1 aliphatic heterocycles. The van der Waals surface area contributed by atoms with E-state index in [9.17, 15) is 9.59 Å². The summed E-state index contributed by atoms with van der Waals surface area (Å²) in [5, 5.41) is 0. The summed E-state index contributed by atoms with van der Waals surface area (Å²) in [6.45, 7) is 3.15. The van der Waals surface area contributed by atoms with Crippen LogP contribution in [0.4, 0.5) is 0 Å². The molecular formula is C7H12N2O4. The van der Waals surface area contributed by atoms with Gasteiger partial charge in [-0.15, -0.1) is 0 Å². The third-order valence-corrected chi connectivity index (χ3v) is 1.66. The lowest BCUT2D eigenvalue weighted by Crippen LogP contribution is -2.44. The molecule has 13 heavy (non-hydrogen) atoms. The van der Waals surface area contributed by atoms with E-state index in [-0.39, 0.29) is 0 Å². The summed E-state index contributed by atoms with van der Waals surface area (Å²) >= 11 is 0. The number of amides is 2. The molecule has 6 nitrogen and oxygen atoms in total. The van der Waals surface area contributed by atoms with Crippen LogP contribution in [0.15, 0.2) is 0 Å². The average Bonchev–Trinajstić information content (AvgIpc) is 2.26. The highest BCUT2D eigenvalue weighted by Gasteiger charge is 2.47. The van der Waals surface area contributed by atoms with Gasteiger partial charge in [0.25, 0.3) is 0 Å². The molecule has 4 N–H and O–H groups in total. The van der Waals surface area contributed by atoms with Crippen molar-refractivity contribution in [2.24, 2.45) is 11.5 Å². The first-order chi connectivity index (χ1) is 5.83. The first-order valence-corrected chi connectivity index (χ1v) is 3.78. The lowest BCUT2D eigenvalue weighted by atomic mass is 10.2. The number of nitrogens with two attached hydrogens (primary N) is 2. The van der Waals surface area contributed by atoms with Gasteiger partial charge < -0.3 is 20.9 Å². The van der Waals surface area contributed by atoms with Gasteiger partial charge in [-0.25, -0.2) is 0 Å². The number of rotatable bonds is 2. The molecule has 74 valence electrons. The van der Waals surface area contributed by atoms with E-state index in [1.54, 1.807) is 13.8 Å². The van der Waals surface area contributed by atoms with Crippen LogP contribution in [-0.4, -0.2) is 29.8 Å². The molecule has 0 bridgehead atoms. The average molecular weight is 188 g/mol. The first-order valence-electron chi connectivity index (χ1n) is 3.78. The topological polar surface area (TPSA) is 105 Å². The molecule has 1 saturated heterocycles. The maximum Gasteiger partial charge on any atom is 0.249 e. The summed E-state index contributed by atoms with van der Waals surface area (Å²) in [6, 6.07) is 0. The minimum absolute atomic E-state index is 0.755. The smallest absolute Gasteiger partial charge is 0.249 e. The molecule has 6 heteroatoms. The fraction of sp³-hybridized carbons (Fsp3) is 0.714. The second-order valence-corrected chi connectivity index (χ2v) is 3.28. The molecule has 0 radical (unpaired) electrons. The molecule has 2 atom stereocenters. The minimum atomic E-state index is -1.09. The van der Waals surface area contributed by atoms with E-state index in [0.717, 1.165) is 0 Å². The second-order valence-electron chi connectivity index (χ2n) is 3.28. The standard InChI is InChI=1S/C7H12N2O4/c1-7(2)12-3(5(8)10)4(13-7)6(9)11/h3-4H,1-2H3,(H2,8,10)(H2,9,11)/t3-,4-/m0/s1. The molecule has 1 rings (SSSR count). The maximum atomic E-state index is 10.8. The Balaban J connectivity index is 2.83. The van der Waals surface area contributed by atoms with Crippen molar-refractivity contribution >= 4 is 11.8 Å². The van der Waals surface area contributed by atoms with E-state index in [1.165, 1.54) is 0 Å². The molecule has 1 heterocycles. The van der Waals surface area contributed by atoms with E-state index in [0.29, 0.717) is 0 Å². The fourth-order valence-electron chi connectivity index (χ4n) is 1.18. The second kappa shape index (κ2) is 2.97. The summed E-state index contributed by atoms with van der Waals surface area (Å²) in [6.07, 6.45) is -2.18. The lowest BCUT2D eigenvalue weighted by molar-refractivity contribution is -0.157. The highest BCUT2D eigenvalue weighted by atomic mass is 16.8. The summed E-state index contributed by atoms with van der Waals surface area (Å²) < 4.78 is 10.2. The Bertz CT molecular complexity index is 227. The van der Waals surface area contributed by atoms with Crippen LogP contribution in [0.3, 0.4) is 0 Å². The van der Waals surface area contributed by atoms with E-state index < -0.39 is 29.8 Å². The van der Waals surface area contributed by atoms with Crippen LogP contribution < -0.4 is 11.5 Å². The Morgan fingerprint density at radius 1 is 1.08 bits per heavy atom. The van der Waals surface area contributed by atoms with Crippen molar-refractivity contribution in [3.05, 3.63) is 0 Å². The van der Waals surface area contributed by atoms with Crippen molar-refractivity contribution in [3.63, 3.8) is 0 Å². The monoisotopic (exact) mass is 188 g/mol. The Hall–Kier alpha value is -1.14. The first kappa shape index (κ1) is 9.94. The summed E-state index contributed by atoms with van der Waals surface area (Å²) in [5.74, 6) is -2.51. The Morgan fingerprint density at radius 2 is 1.38 bits per heavy atom. The Labute approximate surface area is 75.2 Å². The highest BCUT2D eigenvalue weighted by Crippen LogP contribution is 2.27. The maximum absolute atomic E-state index is 10.8. The van der Waals surface area contributed by atoms with Gasteiger partial charge in [0.2, 0.25) is 11.8 Å². The molecule has 0 spiro atoms. The number of carbonyl (C=O) groups excluding carboxylic acids is 2. The minimum Gasteiger partial charge on any atom is -0.367 e. The largest absolute Gasteiger partial charge is 0.367 e. The number of primary amides is 2. The quantitative estimate of drug-likeness (QED) is 0.548. The molecule has 0 unspecified atom stereocenters. The predicted molar refractivity (Wildman–Crippen MR) is 42.2 cm³/mol. The van der Waals surface area contributed by atoms with Gasteiger partial charge in [-0.3, -0.25) is 9.59 Å². The molecule has 1 fully saturated rings. The lowest BCUT2D eigenvalue weighted by Gasteiger charge is -2.15. The van der Waals surface area contributed by atoms with Crippen molar-refractivity contribution in [3.8, 4) is 0 Å². The van der Waals surface area contributed by atoms with Gasteiger partial charge in [0.05, 0.1) is 0 Å². The molecule has 0 aromatic heterocycles. The molecule has 2 amide bonds. The summed E-state index contributed by atoms with van der Waals surface area (Å²) in [7, 11) is 0. The molecule has 0 saturated carbocycles. The normalized spacial score (nSPS) is 31.5. The zero-order valence-electron chi connectivity index (χ0n) is 7.44. The Morgan fingerprint density at radius 3 is 1.62 bits per heavy atom. The van der Waals surface area contributed by atoms with Crippen LogP contribution in [0.25, 0.3) is 0 Å². The van der Waals surface area contributed by atoms with Crippen LogP contribution in [0, 0.1) is 0 Å². The molecule has 1 aliphatic rings. The van der Waals surface area contributed by atoms with Crippen molar-refractivity contribution in [2.45, 2.75) is 31.8 Å². The fourth-order valence-corrected chi connectivity index (χ4v) is 1.18. The summed E-state index contributed by atoms with van der Waals surface area (Å²) in [5.41, 5.74) is 9.99. The van der Waals surface area contributed by atoms with Crippen molar-refractivity contribution < 1.29 is 19.1 Å². The number of hydrogen-bond donors (Lipinski definition) is 2.